The summed E-state index contributed by atoms with van der Waals surface area (Å²) in [4.78, 5) is 15.6. The molecule has 0 aromatic carbocycles. The molecule has 2 rings (SSSR count). The van der Waals surface area contributed by atoms with Crippen molar-refractivity contribution in [1.82, 2.24) is 15.6 Å². The Morgan fingerprint density at radius 2 is 2.39 bits per heavy atom. The van der Waals surface area contributed by atoms with Crippen molar-refractivity contribution in [2.45, 2.75) is 38.3 Å². The van der Waals surface area contributed by atoms with Crippen molar-refractivity contribution in [2.75, 3.05) is 6.54 Å². The second kappa shape index (κ2) is 6.70. The van der Waals surface area contributed by atoms with Crippen molar-refractivity contribution in [2.24, 2.45) is 5.92 Å². The highest BCUT2D eigenvalue weighted by atomic mass is 32.1. The fraction of sp³-hybridized carbons (Fsp3) is 0.667. The zero-order valence-corrected chi connectivity index (χ0v) is 11.1. The third-order valence-electron chi connectivity index (χ3n) is 3.22. The zero-order valence-electron chi connectivity index (χ0n) is 10.3. The summed E-state index contributed by atoms with van der Waals surface area (Å²) in [5, 5.41) is 17.1. The molecule has 1 aliphatic carbocycles. The van der Waals surface area contributed by atoms with E-state index in [4.69, 9.17) is 0 Å². The van der Waals surface area contributed by atoms with Crippen LogP contribution in [-0.2, 0) is 6.54 Å². The summed E-state index contributed by atoms with van der Waals surface area (Å²) < 4.78 is 0. The number of nitrogens with one attached hydrogen (secondary N) is 2. The van der Waals surface area contributed by atoms with Crippen LogP contribution in [0, 0.1) is 5.92 Å². The van der Waals surface area contributed by atoms with Gasteiger partial charge in [-0.25, -0.2) is 9.78 Å². The molecular formula is C12H19N3O2S. The smallest absolute Gasteiger partial charge is 0.315 e. The SMILES string of the molecule is O=C(NCc1cscn1)NCC1CCCC(O)C1. The van der Waals surface area contributed by atoms with Gasteiger partial charge >= 0.3 is 6.03 Å². The number of hydrogen-bond donors (Lipinski definition) is 3. The molecule has 1 saturated carbocycles. The summed E-state index contributed by atoms with van der Waals surface area (Å²) in [6, 6.07) is -0.164. The summed E-state index contributed by atoms with van der Waals surface area (Å²) >= 11 is 1.52. The van der Waals surface area contributed by atoms with Gasteiger partial charge in [0.25, 0.3) is 0 Å². The Kier molecular flexibility index (Phi) is 4.95. The van der Waals surface area contributed by atoms with Gasteiger partial charge in [0.2, 0.25) is 0 Å². The first-order valence-electron chi connectivity index (χ1n) is 6.31. The van der Waals surface area contributed by atoms with E-state index in [1.165, 1.54) is 11.3 Å². The molecule has 3 N–H and O–H groups in total. The lowest BCUT2D eigenvalue weighted by Gasteiger charge is -2.25. The van der Waals surface area contributed by atoms with Crippen molar-refractivity contribution in [3.63, 3.8) is 0 Å². The molecule has 1 aromatic heterocycles. The molecule has 0 spiro atoms. The Labute approximate surface area is 111 Å². The Morgan fingerprint density at radius 3 is 3.11 bits per heavy atom. The molecule has 0 bridgehead atoms. The number of amides is 2. The van der Waals surface area contributed by atoms with E-state index in [0.29, 0.717) is 19.0 Å². The van der Waals surface area contributed by atoms with Crippen LogP contribution in [0.1, 0.15) is 31.4 Å². The molecule has 0 saturated heterocycles. The van der Waals surface area contributed by atoms with Crippen LogP contribution in [0.3, 0.4) is 0 Å². The van der Waals surface area contributed by atoms with Crippen molar-refractivity contribution in [3.05, 3.63) is 16.6 Å². The first-order chi connectivity index (χ1) is 8.74. The summed E-state index contributed by atoms with van der Waals surface area (Å²) in [5.41, 5.74) is 2.63. The molecule has 18 heavy (non-hydrogen) atoms. The summed E-state index contributed by atoms with van der Waals surface area (Å²) in [5.74, 6) is 0.402. The van der Waals surface area contributed by atoms with Crippen LogP contribution in [0.15, 0.2) is 10.9 Å². The van der Waals surface area contributed by atoms with E-state index in [-0.39, 0.29) is 12.1 Å². The van der Waals surface area contributed by atoms with Gasteiger partial charge in [0, 0.05) is 11.9 Å². The molecule has 2 amide bonds. The van der Waals surface area contributed by atoms with Crippen LogP contribution >= 0.6 is 11.3 Å². The summed E-state index contributed by atoms with van der Waals surface area (Å²) in [6.45, 7) is 1.10. The third-order valence-corrected chi connectivity index (χ3v) is 3.86. The zero-order chi connectivity index (χ0) is 12.8. The van der Waals surface area contributed by atoms with Gasteiger partial charge in [-0.1, -0.05) is 6.42 Å². The van der Waals surface area contributed by atoms with E-state index in [1.807, 2.05) is 5.38 Å². The van der Waals surface area contributed by atoms with E-state index >= 15 is 0 Å². The first kappa shape index (κ1) is 13.3. The van der Waals surface area contributed by atoms with Gasteiger partial charge < -0.3 is 15.7 Å². The van der Waals surface area contributed by atoms with Crippen LogP contribution in [0.2, 0.25) is 0 Å². The maximum atomic E-state index is 11.6. The van der Waals surface area contributed by atoms with Gasteiger partial charge in [0.1, 0.15) is 0 Å². The molecule has 100 valence electrons. The Bertz CT molecular complexity index is 369. The predicted octanol–water partition coefficient (Wildman–Crippen LogP) is 1.49. The number of hydrogen-bond acceptors (Lipinski definition) is 4. The van der Waals surface area contributed by atoms with Crippen molar-refractivity contribution in [1.29, 1.82) is 0 Å². The number of nitrogens with zero attached hydrogens (tertiary/aromatic N) is 1. The van der Waals surface area contributed by atoms with Crippen LogP contribution in [0.5, 0.6) is 0 Å². The van der Waals surface area contributed by atoms with Gasteiger partial charge in [-0.3, -0.25) is 0 Å². The van der Waals surface area contributed by atoms with Gasteiger partial charge in [-0.2, -0.15) is 0 Å². The molecule has 0 aliphatic heterocycles. The summed E-state index contributed by atoms with van der Waals surface area (Å²) in [6.07, 6.45) is 3.64. The number of aliphatic hydroxyl groups excluding tert-OH is 1. The first-order valence-corrected chi connectivity index (χ1v) is 7.25. The fourth-order valence-corrected chi connectivity index (χ4v) is 2.80. The minimum Gasteiger partial charge on any atom is -0.393 e. The van der Waals surface area contributed by atoms with Gasteiger partial charge in [-0.15, -0.1) is 11.3 Å². The molecule has 6 heteroatoms. The van der Waals surface area contributed by atoms with Crippen LogP contribution in [0.25, 0.3) is 0 Å². The minimum absolute atomic E-state index is 0.164. The van der Waals surface area contributed by atoms with E-state index < -0.39 is 0 Å². The maximum Gasteiger partial charge on any atom is 0.315 e. The van der Waals surface area contributed by atoms with Crippen molar-refractivity contribution < 1.29 is 9.90 Å². The molecule has 1 aromatic rings. The summed E-state index contributed by atoms with van der Waals surface area (Å²) in [7, 11) is 0. The van der Waals surface area contributed by atoms with Crippen LogP contribution in [-0.4, -0.2) is 28.8 Å². The number of carbonyl (C=O) groups is 1. The Hall–Kier alpha value is -1.14. The second-order valence-electron chi connectivity index (χ2n) is 4.73. The monoisotopic (exact) mass is 269 g/mol. The van der Waals surface area contributed by atoms with Crippen molar-refractivity contribution in [3.8, 4) is 0 Å². The number of rotatable bonds is 4. The Morgan fingerprint density at radius 1 is 1.50 bits per heavy atom. The molecule has 2 atom stereocenters. The fourth-order valence-electron chi connectivity index (χ4n) is 2.24. The van der Waals surface area contributed by atoms with E-state index in [2.05, 4.69) is 15.6 Å². The lowest BCUT2D eigenvalue weighted by molar-refractivity contribution is 0.101. The molecule has 1 aliphatic rings. The molecule has 1 heterocycles. The predicted molar refractivity (Wildman–Crippen MR) is 70.3 cm³/mol. The van der Waals surface area contributed by atoms with Crippen molar-refractivity contribution >= 4 is 17.4 Å². The quantitative estimate of drug-likeness (QED) is 0.775. The third kappa shape index (κ3) is 4.27. The van der Waals surface area contributed by atoms with Crippen LogP contribution in [0.4, 0.5) is 4.79 Å². The second-order valence-corrected chi connectivity index (χ2v) is 5.45. The average molecular weight is 269 g/mol. The highest BCUT2D eigenvalue weighted by Crippen LogP contribution is 2.23. The average Bonchev–Trinajstić information content (AvgIpc) is 2.87. The number of carbonyl (C=O) groups excluding carboxylic acids is 1. The van der Waals surface area contributed by atoms with E-state index in [9.17, 15) is 9.90 Å². The molecular weight excluding hydrogens is 250 g/mol. The van der Waals surface area contributed by atoms with E-state index in [1.54, 1.807) is 5.51 Å². The number of urea groups is 1. The van der Waals surface area contributed by atoms with Gasteiger partial charge in [-0.05, 0) is 25.2 Å². The normalized spacial score (nSPS) is 23.6. The standard InChI is InChI=1S/C12H19N3O2S/c16-11-3-1-2-9(4-11)5-13-12(17)14-6-10-7-18-8-15-10/h7-9,11,16H,1-6H2,(H2,13,14,17). The highest BCUT2D eigenvalue weighted by Gasteiger charge is 2.20. The Balaban J connectivity index is 1.62. The molecule has 5 nitrogen and oxygen atoms in total. The van der Waals surface area contributed by atoms with E-state index in [0.717, 1.165) is 31.4 Å². The number of aromatic nitrogens is 1. The molecule has 0 radical (unpaired) electrons. The van der Waals surface area contributed by atoms with Crippen LogP contribution < -0.4 is 10.6 Å². The molecule has 2 unspecified atom stereocenters. The lowest BCUT2D eigenvalue weighted by atomic mass is 9.87. The van der Waals surface area contributed by atoms with Gasteiger partial charge in [0.15, 0.2) is 0 Å². The topological polar surface area (TPSA) is 74.2 Å². The number of aliphatic hydroxyl groups is 1. The number of thiazole rings is 1. The van der Waals surface area contributed by atoms with Gasteiger partial charge in [0.05, 0.1) is 23.9 Å². The largest absolute Gasteiger partial charge is 0.393 e. The lowest BCUT2D eigenvalue weighted by Crippen LogP contribution is -2.39. The highest BCUT2D eigenvalue weighted by molar-refractivity contribution is 7.07. The molecule has 1 fully saturated rings. The maximum absolute atomic E-state index is 11.6. The minimum atomic E-state index is -0.191.